The third-order valence-electron chi connectivity index (χ3n) is 2.72. The normalized spacial score (nSPS) is 10.8. The second-order valence-electron chi connectivity index (χ2n) is 4.24. The molecule has 0 saturated carbocycles. The number of nitrogens with one attached hydrogen (secondary N) is 1. The Morgan fingerprint density at radius 1 is 1.37 bits per heavy atom. The standard InChI is InChI=1S/C12H11N5OS/c1-7-3-4-8(2)9(5-7)14-10(18)11-16-17-6-13-15-12(17)19-11/h3-6H,1-2H3,(H,14,18). The van der Waals surface area contributed by atoms with Crippen molar-refractivity contribution in [2.45, 2.75) is 13.8 Å². The molecule has 2 aromatic heterocycles. The SMILES string of the molecule is Cc1ccc(C)c(NC(=O)c2nn3cnnc3s2)c1. The Morgan fingerprint density at radius 3 is 3.00 bits per heavy atom. The van der Waals surface area contributed by atoms with Crippen LogP contribution in [0, 0.1) is 13.8 Å². The first-order valence-corrected chi connectivity index (χ1v) is 6.50. The maximum Gasteiger partial charge on any atom is 0.286 e. The minimum Gasteiger partial charge on any atom is -0.320 e. The molecule has 7 heteroatoms. The Labute approximate surface area is 113 Å². The third-order valence-corrected chi connectivity index (χ3v) is 3.63. The van der Waals surface area contributed by atoms with Gasteiger partial charge in [-0.3, -0.25) is 4.79 Å². The first-order valence-electron chi connectivity index (χ1n) is 5.69. The molecular weight excluding hydrogens is 262 g/mol. The lowest BCUT2D eigenvalue weighted by molar-refractivity contribution is 0.102. The van der Waals surface area contributed by atoms with Crippen LogP contribution in [-0.4, -0.2) is 25.7 Å². The van der Waals surface area contributed by atoms with Gasteiger partial charge in [0, 0.05) is 5.69 Å². The molecule has 0 aliphatic rings. The summed E-state index contributed by atoms with van der Waals surface area (Å²) in [5.74, 6) is -0.232. The van der Waals surface area contributed by atoms with Gasteiger partial charge < -0.3 is 5.32 Å². The van der Waals surface area contributed by atoms with E-state index < -0.39 is 0 Å². The van der Waals surface area contributed by atoms with Gasteiger partial charge in [0.25, 0.3) is 5.91 Å². The molecule has 0 aliphatic heterocycles. The highest BCUT2D eigenvalue weighted by molar-refractivity contribution is 7.18. The number of aromatic nitrogens is 4. The second kappa shape index (κ2) is 4.43. The second-order valence-corrected chi connectivity index (χ2v) is 5.19. The monoisotopic (exact) mass is 273 g/mol. The van der Waals surface area contributed by atoms with Gasteiger partial charge in [0.2, 0.25) is 9.97 Å². The van der Waals surface area contributed by atoms with Gasteiger partial charge in [-0.25, -0.2) is 0 Å². The topological polar surface area (TPSA) is 72.2 Å². The average Bonchev–Trinajstić information content (AvgIpc) is 2.94. The minimum atomic E-state index is -0.232. The van der Waals surface area contributed by atoms with E-state index in [2.05, 4.69) is 20.6 Å². The van der Waals surface area contributed by atoms with Crippen LogP contribution in [0.5, 0.6) is 0 Å². The summed E-state index contributed by atoms with van der Waals surface area (Å²) >= 11 is 1.21. The molecule has 0 radical (unpaired) electrons. The lowest BCUT2D eigenvalue weighted by Crippen LogP contribution is -2.13. The van der Waals surface area contributed by atoms with Crippen molar-refractivity contribution in [3.63, 3.8) is 0 Å². The molecule has 0 unspecified atom stereocenters. The summed E-state index contributed by atoms with van der Waals surface area (Å²) in [4.78, 5) is 12.7. The van der Waals surface area contributed by atoms with E-state index in [1.165, 1.54) is 22.2 Å². The predicted molar refractivity (Wildman–Crippen MR) is 72.5 cm³/mol. The number of aryl methyl sites for hydroxylation is 2. The molecule has 1 aromatic carbocycles. The summed E-state index contributed by atoms with van der Waals surface area (Å²) in [5.41, 5.74) is 2.91. The number of anilines is 1. The number of hydrogen-bond donors (Lipinski definition) is 1. The Hall–Kier alpha value is -2.28. The number of rotatable bonds is 2. The molecule has 2 heterocycles. The van der Waals surface area contributed by atoms with Crippen molar-refractivity contribution < 1.29 is 4.79 Å². The largest absolute Gasteiger partial charge is 0.320 e. The third kappa shape index (κ3) is 2.19. The van der Waals surface area contributed by atoms with Crippen molar-refractivity contribution in [1.29, 1.82) is 0 Å². The molecule has 0 fully saturated rings. The molecule has 0 atom stereocenters. The lowest BCUT2D eigenvalue weighted by atomic mass is 10.1. The van der Waals surface area contributed by atoms with Crippen molar-refractivity contribution >= 4 is 27.9 Å². The zero-order valence-electron chi connectivity index (χ0n) is 10.4. The quantitative estimate of drug-likeness (QED) is 0.775. The summed E-state index contributed by atoms with van der Waals surface area (Å²) in [7, 11) is 0. The van der Waals surface area contributed by atoms with Gasteiger partial charge in [-0.2, -0.15) is 4.52 Å². The molecule has 1 N–H and O–H groups in total. The molecule has 3 rings (SSSR count). The van der Waals surface area contributed by atoms with Crippen LogP contribution in [0.1, 0.15) is 20.9 Å². The number of hydrogen-bond acceptors (Lipinski definition) is 5. The number of nitrogens with zero attached hydrogens (tertiary/aromatic N) is 4. The summed E-state index contributed by atoms with van der Waals surface area (Å²) in [6.45, 7) is 3.94. The lowest BCUT2D eigenvalue weighted by Gasteiger charge is -2.07. The van der Waals surface area contributed by atoms with Crippen LogP contribution in [-0.2, 0) is 0 Å². The first kappa shape index (κ1) is 11.8. The maximum absolute atomic E-state index is 12.1. The van der Waals surface area contributed by atoms with Gasteiger partial charge in [-0.1, -0.05) is 23.5 Å². The highest BCUT2D eigenvalue weighted by atomic mass is 32.1. The van der Waals surface area contributed by atoms with Gasteiger partial charge in [0.15, 0.2) is 0 Å². The van der Waals surface area contributed by atoms with Gasteiger partial charge >= 0.3 is 0 Å². The predicted octanol–water partition coefficient (Wildman–Crippen LogP) is 2.05. The molecule has 0 bridgehead atoms. The minimum absolute atomic E-state index is 0.232. The summed E-state index contributed by atoms with van der Waals surface area (Å²) in [6, 6.07) is 5.92. The summed E-state index contributed by atoms with van der Waals surface area (Å²) < 4.78 is 1.49. The van der Waals surface area contributed by atoms with Crippen molar-refractivity contribution in [3.05, 3.63) is 40.7 Å². The van der Waals surface area contributed by atoms with Crippen molar-refractivity contribution in [3.8, 4) is 0 Å². The van der Waals surface area contributed by atoms with Gasteiger partial charge in [-0.15, -0.1) is 15.3 Å². The fourth-order valence-corrected chi connectivity index (χ4v) is 2.41. The zero-order valence-corrected chi connectivity index (χ0v) is 11.2. The number of carbonyl (C=O) groups excluding carboxylic acids is 1. The van der Waals surface area contributed by atoms with E-state index in [1.54, 1.807) is 0 Å². The van der Waals surface area contributed by atoms with E-state index in [4.69, 9.17) is 0 Å². The first-order chi connectivity index (χ1) is 9.13. The molecule has 1 amide bonds. The van der Waals surface area contributed by atoms with E-state index in [9.17, 15) is 4.79 Å². The van der Waals surface area contributed by atoms with E-state index in [-0.39, 0.29) is 5.91 Å². The summed E-state index contributed by atoms with van der Waals surface area (Å²) in [6.07, 6.45) is 1.47. The van der Waals surface area contributed by atoms with Crippen LogP contribution >= 0.6 is 11.3 Å². The van der Waals surface area contributed by atoms with Crippen LogP contribution in [0.4, 0.5) is 5.69 Å². The van der Waals surface area contributed by atoms with Crippen molar-refractivity contribution in [1.82, 2.24) is 19.8 Å². The van der Waals surface area contributed by atoms with Crippen LogP contribution in [0.2, 0.25) is 0 Å². The van der Waals surface area contributed by atoms with Gasteiger partial charge in [0.05, 0.1) is 0 Å². The summed E-state index contributed by atoms with van der Waals surface area (Å²) in [5, 5.41) is 14.9. The molecule has 0 spiro atoms. The Bertz CT molecular complexity index is 732. The fraction of sp³-hybridized carbons (Fsp3) is 0.167. The smallest absolute Gasteiger partial charge is 0.286 e. The van der Waals surface area contributed by atoms with Gasteiger partial charge in [-0.05, 0) is 31.0 Å². The van der Waals surface area contributed by atoms with Crippen LogP contribution in [0.25, 0.3) is 4.96 Å². The molecule has 19 heavy (non-hydrogen) atoms. The van der Waals surface area contributed by atoms with Crippen LogP contribution in [0.3, 0.4) is 0 Å². The van der Waals surface area contributed by atoms with Gasteiger partial charge in [0.1, 0.15) is 6.33 Å². The number of fused-ring (bicyclic) bond motifs is 1. The van der Waals surface area contributed by atoms with E-state index >= 15 is 0 Å². The maximum atomic E-state index is 12.1. The van der Waals surface area contributed by atoms with E-state index in [0.29, 0.717) is 9.97 Å². The Morgan fingerprint density at radius 2 is 2.21 bits per heavy atom. The van der Waals surface area contributed by atoms with Crippen LogP contribution in [0.15, 0.2) is 24.5 Å². The fourth-order valence-electron chi connectivity index (χ4n) is 1.70. The number of benzene rings is 1. The molecule has 0 saturated heterocycles. The highest BCUT2D eigenvalue weighted by Gasteiger charge is 2.14. The number of carbonyl (C=O) groups is 1. The van der Waals surface area contributed by atoms with E-state index in [0.717, 1.165) is 16.8 Å². The van der Waals surface area contributed by atoms with Crippen molar-refractivity contribution in [2.75, 3.05) is 5.32 Å². The average molecular weight is 273 g/mol. The van der Waals surface area contributed by atoms with E-state index in [1.807, 2.05) is 32.0 Å². The molecule has 6 nitrogen and oxygen atoms in total. The number of amides is 1. The van der Waals surface area contributed by atoms with Crippen molar-refractivity contribution in [2.24, 2.45) is 0 Å². The Kier molecular flexibility index (Phi) is 2.75. The van der Waals surface area contributed by atoms with Crippen LogP contribution < -0.4 is 5.32 Å². The molecule has 3 aromatic rings. The molecular formula is C12H11N5OS. The Balaban J connectivity index is 1.88. The molecule has 96 valence electrons. The zero-order chi connectivity index (χ0) is 13.4. The molecule has 0 aliphatic carbocycles. The highest BCUT2D eigenvalue weighted by Crippen LogP contribution is 2.19.